The van der Waals surface area contributed by atoms with Crippen molar-refractivity contribution in [2.75, 3.05) is 0 Å². The lowest BCUT2D eigenvalue weighted by molar-refractivity contribution is 0.0821. The Morgan fingerprint density at radius 2 is 0.633 bits per heavy atom. The summed E-state index contributed by atoms with van der Waals surface area (Å²) in [6.07, 6.45) is 30.1. The molecule has 0 aromatic carbocycles. The van der Waals surface area contributed by atoms with Gasteiger partial charge in [-0.3, -0.25) is 0 Å². The van der Waals surface area contributed by atoms with Crippen LogP contribution in [0.25, 0.3) is 0 Å². The van der Waals surface area contributed by atoms with Gasteiger partial charge in [-0.15, -0.1) is 0 Å². The average Bonchev–Trinajstić information content (AvgIpc) is 2.84. The fourth-order valence-electron chi connectivity index (χ4n) is 8.65. The zero-order chi connectivity index (χ0) is 20.2. The summed E-state index contributed by atoms with van der Waals surface area (Å²) >= 11 is 0. The Labute approximate surface area is 187 Å². The van der Waals surface area contributed by atoms with Gasteiger partial charge in [0.2, 0.25) is 0 Å². The predicted octanol–water partition coefficient (Wildman–Crippen LogP) is 8.79. The SMILES string of the molecule is C(#CC1CCC(C2CCC3CCCCC3C2)CC1)C1CCC(C2CCCCC2)CC1. The maximum absolute atomic E-state index is 3.80. The molecule has 0 aromatic rings. The molecule has 0 heteroatoms. The summed E-state index contributed by atoms with van der Waals surface area (Å²) < 4.78 is 0. The Hall–Kier alpha value is -0.440. The molecule has 0 amide bonds. The highest BCUT2D eigenvalue weighted by Crippen LogP contribution is 2.48. The largest absolute Gasteiger partial charge is 0.0996 e. The van der Waals surface area contributed by atoms with Crippen LogP contribution in [0.2, 0.25) is 0 Å². The van der Waals surface area contributed by atoms with Crippen molar-refractivity contribution in [3.8, 4) is 11.8 Å². The van der Waals surface area contributed by atoms with E-state index in [4.69, 9.17) is 0 Å². The molecule has 0 aliphatic heterocycles. The number of hydrogen-bond donors (Lipinski definition) is 0. The van der Waals surface area contributed by atoms with E-state index in [0.717, 1.165) is 47.3 Å². The van der Waals surface area contributed by atoms with E-state index in [1.54, 1.807) is 32.1 Å². The van der Waals surface area contributed by atoms with Crippen LogP contribution in [-0.2, 0) is 0 Å². The van der Waals surface area contributed by atoms with Gasteiger partial charge in [-0.05, 0) is 106 Å². The lowest BCUT2D eigenvalue weighted by Crippen LogP contribution is -2.32. The van der Waals surface area contributed by atoms with Gasteiger partial charge in [0.15, 0.2) is 0 Å². The quantitative estimate of drug-likeness (QED) is 0.400. The summed E-state index contributed by atoms with van der Waals surface area (Å²) in [7, 11) is 0. The van der Waals surface area contributed by atoms with Crippen LogP contribution in [0, 0.1) is 59.2 Å². The normalized spacial score (nSPS) is 43.3. The zero-order valence-corrected chi connectivity index (χ0v) is 19.8. The fraction of sp³-hybridized carbons (Fsp3) is 0.933. The van der Waals surface area contributed by atoms with Gasteiger partial charge in [0.1, 0.15) is 0 Å². The van der Waals surface area contributed by atoms with E-state index in [9.17, 15) is 0 Å². The lowest BCUT2D eigenvalue weighted by atomic mass is 9.62. The fourth-order valence-corrected chi connectivity index (χ4v) is 8.65. The van der Waals surface area contributed by atoms with Crippen molar-refractivity contribution >= 4 is 0 Å². The molecule has 5 aliphatic rings. The summed E-state index contributed by atoms with van der Waals surface area (Å²) in [4.78, 5) is 0. The average molecular weight is 409 g/mol. The van der Waals surface area contributed by atoms with Gasteiger partial charge in [0.05, 0.1) is 0 Å². The maximum Gasteiger partial charge on any atom is 0.0203 e. The van der Waals surface area contributed by atoms with E-state index in [1.165, 1.54) is 96.3 Å². The Kier molecular flexibility index (Phi) is 7.46. The Balaban J connectivity index is 1.03. The van der Waals surface area contributed by atoms with Gasteiger partial charge in [-0.2, -0.15) is 0 Å². The molecule has 5 fully saturated rings. The molecular weight excluding hydrogens is 360 g/mol. The highest BCUT2D eigenvalue weighted by Gasteiger charge is 2.36. The van der Waals surface area contributed by atoms with Crippen LogP contribution < -0.4 is 0 Å². The van der Waals surface area contributed by atoms with E-state index in [1.807, 2.05) is 0 Å². The molecular formula is C30H48. The molecule has 3 atom stereocenters. The van der Waals surface area contributed by atoms with Crippen molar-refractivity contribution in [3.05, 3.63) is 0 Å². The molecule has 0 N–H and O–H groups in total. The highest BCUT2D eigenvalue weighted by atomic mass is 14.4. The van der Waals surface area contributed by atoms with Crippen molar-refractivity contribution in [1.29, 1.82) is 0 Å². The van der Waals surface area contributed by atoms with Gasteiger partial charge >= 0.3 is 0 Å². The topological polar surface area (TPSA) is 0 Å². The lowest BCUT2D eigenvalue weighted by Gasteiger charge is -2.43. The first-order chi connectivity index (χ1) is 14.8. The second-order valence-corrected chi connectivity index (χ2v) is 12.3. The van der Waals surface area contributed by atoms with Crippen molar-refractivity contribution in [1.82, 2.24) is 0 Å². The summed E-state index contributed by atoms with van der Waals surface area (Å²) in [6.45, 7) is 0. The van der Waals surface area contributed by atoms with Crippen LogP contribution >= 0.6 is 0 Å². The van der Waals surface area contributed by atoms with E-state index in [-0.39, 0.29) is 0 Å². The predicted molar refractivity (Wildman–Crippen MR) is 128 cm³/mol. The Bertz CT molecular complexity index is 571. The third kappa shape index (κ3) is 5.30. The van der Waals surface area contributed by atoms with Gasteiger partial charge in [0.25, 0.3) is 0 Å². The first kappa shape index (κ1) is 21.4. The third-order valence-electron chi connectivity index (χ3n) is 10.6. The first-order valence-corrected chi connectivity index (χ1v) is 14.4. The molecule has 0 bridgehead atoms. The minimum absolute atomic E-state index is 0.739. The molecule has 3 unspecified atom stereocenters. The third-order valence-corrected chi connectivity index (χ3v) is 10.6. The molecule has 0 nitrogen and oxygen atoms in total. The highest BCUT2D eigenvalue weighted by molar-refractivity contribution is 5.09. The van der Waals surface area contributed by atoms with Crippen molar-refractivity contribution in [3.63, 3.8) is 0 Å². The van der Waals surface area contributed by atoms with Crippen LogP contribution in [0.3, 0.4) is 0 Å². The minimum Gasteiger partial charge on any atom is -0.0996 e. The Morgan fingerprint density at radius 1 is 0.300 bits per heavy atom. The molecule has 5 rings (SSSR count). The molecule has 0 saturated heterocycles. The van der Waals surface area contributed by atoms with Gasteiger partial charge < -0.3 is 0 Å². The van der Waals surface area contributed by atoms with Crippen molar-refractivity contribution < 1.29 is 0 Å². The number of fused-ring (bicyclic) bond motifs is 1. The van der Waals surface area contributed by atoms with Gasteiger partial charge in [-0.1, -0.05) is 69.6 Å². The van der Waals surface area contributed by atoms with Crippen molar-refractivity contribution in [2.45, 2.75) is 128 Å². The maximum atomic E-state index is 3.80. The van der Waals surface area contributed by atoms with E-state index >= 15 is 0 Å². The van der Waals surface area contributed by atoms with Gasteiger partial charge in [0, 0.05) is 11.8 Å². The molecule has 0 heterocycles. The van der Waals surface area contributed by atoms with Crippen molar-refractivity contribution in [2.24, 2.45) is 47.3 Å². The molecule has 0 spiro atoms. The smallest absolute Gasteiger partial charge is 0.0203 e. The van der Waals surface area contributed by atoms with E-state index in [2.05, 4.69) is 11.8 Å². The summed E-state index contributed by atoms with van der Waals surface area (Å²) in [5, 5.41) is 0. The van der Waals surface area contributed by atoms with Crippen LogP contribution in [0.5, 0.6) is 0 Å². The molecule has 5 saturated carbocycles. The van der Waals surface area contributed by atoms with Crippen LogP contribution in [0.15, 0.2) is 0 Å². The zero-order valence-electron chi connectivity index (χ0n) is 19.8. The van der Waals surface area contributed by atoms with E-state index < -0.39 is 0 Å². The number of hydrogen-bond acceptors (Lipinski definition) is 0. The molecule has 5 aliphatic carbocycles. The molecule has 0 aromatic heterocycles. The second kappa shape index (κ2) is 10.5. The minimum atomic E-state index is 0.739. The number of rotatable bonds is 2. The summed E-state index contributed by atoms with van der Waals surface area (Å²) in [5.41, 5.74) is 0. The molecule has 30 heavy (non-hydrogen) atoms. The molecule has 168 valence electrons. The summed E-state index contributed by atoms with van der Waals surface area (Å²) in [6, 6.07) is 0. The van der Waals surface area contributed by atoms with Crippen LogP contribution in [0.1, 0.15) is 128 Å². The monoisotopic (exact) mass is 408 g/mol. The van der Waals surface area contributed by atoms with Crippen LogP contribution in [-0.4, -0.2) is 0 Å². The Morgan fingerprint density at radius 3 is 1.23 bits per heavy atom. The van der Waals surface area contributed by atoms with Crippen LogP contribution in [0.4, 0.5) is 0 Å². The second-order valence-electron chi connectivity index (χ2n) is 12.3. The van der Waals surface area contributed by atoms with Gasteiger partial charge in [-0.25, -0.2) is 0 Å². The first-order valence-electron chi connectivity index (χ1n) is 14.4. The van der Waals surface area contributed by atoms with E-state index in [0.29, 0.717) is 0 Å². The molecule has 0 radical (unpaired) electrons. The standard InChI is InChI=1S/C30H48/c1-2-6-25(7-3-1)27-16-12-23(13-17-27)10-11-24-14-18-28(19-15-24)30-21-20-26-8-4-5-9-29(26)22-30/h23-30H,1-9,12-22H2. The summed E-state index contributed by atoms with van der Waals surface area (Å²) in [5.74, 6) is 15.6.